The molecule has 1 N–H and O–H groups in total. The van der Waals surface area contributed by atoms with E-state index in [4.69, 9.17) is 0 Å². The highest BCUT2D eigenvalue weighted by Crippen LogP contribution is 2.25. The third-order valence-electron chi connectivity index (χ3n) is 3.27. The summed E-state index contributed by atoms with van der Waals surface area (Å²) in [4.78, 5) is 15.3. The molecule has 0 bridgehead atoms. The number of rotatable bonds is 4. The van der Waals surface area contributed by atoms with Gasteiger partial charge >= 0.3 is 0 Å². The lowest BCUT2D eigenvalue weighted by Gasteiger charge is -2.22. The summed E-state index contributed by atoms with van der Waals surface area (Å²) in [6.45, 7) is 3.77. The summed E-state index contributed by atoms with van der Waals surface area (Å²) in [5.41, 5.74) is 1.05. The molecule has 1 aliphatic heterocycles. The predicted octanol–water partition coefficient (Wildman–Crippen LogP) is 2.83. The first kappa shape index (κ1) is 13.3. The number of nitrogens with zero attached hydrogens (tertiary/aromatic N) is 1. The molecule has 1 heterocycles. The first-order valence-corrected chi connectivity index (χ1v) is 7.63. The molecule has 1 aliphatic rings. The van der Waals surface area contributed by atoms with Crippen molar-refractivity contribution in [2.45, 2.75) is 30.7 Å². The molecule has 2 rings (SSSR count). The van der Waals surface area contributed by atoms with E-state index in [-0.39, 0.29) is 11.9 Å². The molecule has 1 unspecified atom stereocenters. The largest absolute Gasteiger partial charge is 0.373 e. The number of hydrogen-bond acceptors (Lipinski definition) is 3. The molecule has 0 radical (unpaired) electrons. The zero-order valence-electron chi connectivity index (χ0n) is 11.0. The number of amides is 1. The molecule has 0 saturated carbocycles. The third-order valence-corrected chi connectivity index (χ3v) is 4.06. The fourth-order valence-electron chi connectivity index (χ4n) is 2.27. The Bertz CT molecular complexity index is 416. The molecule has 0 spiro atoms. The lowest BCUT2D eigenvalue weighted by molar-refractivity contribution is -0.130. The SMILES string of the molecule is CSc1ccccc1NC(C)C(=O)N1CCCC1. The average molecular weight is 264 g/mol. The van der Waals surface area contributed by atoms with Crippen LogP contribution in [0.3, 0.4) is 0 Å². The van der Waals surface area contributed by atoms with E-state index in [9.17, 15) is 4.79 Å². The predicted molar refractivity (Wildman–Crippen MR) is 77.1 cm³/mol. The van der Waals surface area contributed by atoms with Crippen LogP contribution in [0.2, 0.25) is 0 Å². The number of carbonyl (C=O) groups excluding carboxylic acids is 1. The Morgan fingerprint density at radius 1 is 1.33 bits per heavy atom. The molecule has 0 aromatic heterocycles. The number of hydrogen-bond donors (Lipinski definition) is 1. The van der Waals surface area contributed by atoms with Gasteiger partial charge in [0.05, 0.1) is 0 Å². The molecule has 1 fully saturated rings. The number of carbonyl (C=O) groups is 1. The van der Waals surface area contributed by atoms with E-state index in [1.807, 2.05) is 36.3 Å². The van der Waals surface area contributed by atoms with Crippen LogP contribution in [0.25, 0.3) is 0 Å². The van der Waals surface area contributed by atoms with Crippen molar-refractivity contribution in [3.63, 3.8) is 0 Å². The van der Waals surface area contributed by atoms with Crippen molar-refractivity contribution in [3.8, 4) is 0 Å². The summed E-state index contributed by atoms with van der Waals surface area (Å²) in [5.74, 6) is 0.211. The maximum absolute atomic E-state index is 12.2. The molecule has 1 aromatic carbocycles. The van der Waals surface area contributed by atoms with Crippen LogP contribution in [0.15, 0.2) is 29.2 Å². The quantitative estimate of drug-likeness (QED) is 0.849. The van der Waals surface area contributed by atoms with Gasteiger partial charge in [-0.3, -0.25) is 4.79 Å². The van der Waals surface area contributed by atoms with Gasteiger partial charge in [0.25, 0.3) is 0 Å². The second kappa shape index (κ2) is 6.14. The fraction of sp³-hybridized carbons (Fsp3) is 0.500. The van der Waals surface area contributed by atoms with Gasteiger partial charge in [-0.05, 0) is 38.2 Å². The standard InChI is InChI=1S/C14H20N2OS/c1-11(14(17)16-9-5-6-10-16)15-12-7-3-4-8-13(12)18-2/h3-4,7-8,11,15H,5-6,9-10H2,1-2H3. The van der Waals surface area contributed by atoms with E-state index >= 15 is 0 Å². The average Bonchev–Trinajstić information content (AvgIpc) is 2.92. The van der Waals surface area contributed by atoms with Crippen molar-refractivity contribution in [3.05, 3.63) is 24.3 Å². The molecule has 1 atom stereocenters. The van der Waals surface area contributed by atoms with E-state index < -0.39 is 0 Å². The molecule has 4 heteroatoms. The molecule has 0 aliphatic carbocycles. The number of anilines is 1. The van der Waals surface area contributed by atoms with Gasteiger partial charge in [-0.2, -0.15) is 0 Å². The lowest BCUT2D eigenvalue weighted by Crippen LogP contribution is -2.39. The van der Waals surface area contributed by atoms with Gasteiger partial charge < -0.3 is 10.2 Å². The highest BCUT2D eigenvalue weighted by atomic mass is 32.2. The number of nitrogens with one attached hydrogen (secondary N) is 1. The van der Waals surface area contributed by atoms with E-state index in [0.717, 1.165) is 31.6 Å². The Kier molecular flexibility index (Phi) is 4.53. The van der Waals surface area contributed by atoms with Gasteiger partial charge in [-0.1, -0.05) is 12.1 Å². The van der Waals surface area contributed by atoms with Gasteiger partial charge in [-0.25, -0.2) is 0 Å². The maximum atomic E-state index is 12.2. The fourth-order valence-corrected chi connectivity index (χ4v) is 2.83. The van der Waals surface area contributed by atoms with Crippen LogP contribution >= 0.6 is 11.8 Å². The van der Waals surface area contributed by atoms with Crippen LogP contribution in [0.1, 0.15) is 19.8 Å². The van der Waals surface area contributed by atoms with Gasteiger partial charge in [0.15, 0.2) is 0 Å². The topological polar surface area (TPSA) is 32.3 Å². The number of benzene rings is 1. The van der Waals surface area contributed by atoms with Crippen molar-refractivity contribution in [1.82, 2.24) is 4.90 Å². The molecule has 1 saturated heterocycles. The maximum Gasteiger partial charge on any atom is 0.244 e. The molecular formula is C14H20N2OS. The molecule has 3 nitrogen and oxygen atoms in total. The normalized spacial score (nSPS) is 16.7. The zero-order chi connectivity index (χ0) is 13.0. The third kappa shape index (κ3) is 2.99. The summed E-state index contributed by atoms with van der Waals surface area (Å²) >= 11 is 1.69. The smallest absolute Gasteiger partial charge is 0.244 e. The van der Waals surface area contributed by atoms with Crippen LogP contribution < -0.4 is 5.32 Å². The van der Waals surface area contributed by atoms with Crippen LogP contribution in [0, 0.1) is 0 Å². The molecule has 1 amide bonds. The van der Waals surface area contributed by atoms with Crippen molar-refractivity contribution < 1.29 is 4.79 Å². The van der Waals surface area contributed by atoms with Gasteiger partial charge in [0.2, 0.25) is 5.91 Å². The molecular weight excluding hydrogens is 244 g/mol. The second-order valence-electron chi connectivity index (χ2n) is 4.60. The highest BCUT2D eigenvalue weighted by Gasteiger charge is 2.23. The lowest BCUT2D eigenvalue weighted by atomic mass is 10.2. The molecule has 18 heavy (non-hydrogen) atoms. The van der Waals surface area contributed by atoms with Crippen LogP contribution in [-0.2, 0) is 4.79 Å². The summed E-state index contributed by atoms with van der Waals surface area (Å²) in [6, 6.07) is 7.95. The van der Waals surface area contributed by atoms with Gasteiger partial charge in [-0.15, -0.1) is 11.8 Å². The highest BCUT2D eigenvalue weighted by molar-refractivity contribution is 7.98. The molecule has 98 valence electrons. The van der Waals surface area contributed by atoms with Crippen molar-refractivity contribution in [2.24, 2.45) is 0 Å². The Hall–Kier alpha value is -1.16. The van der Waals surface area contributed by atoms with Crippen molar-refractivity contribution >= 4 is 23.4 Å². The Labute approximate surface area is 113 Å². The van der Waals surface area contributed by atoms with Gasteiger partial charge in [0, 0.05) is 23.7 Å². The minimum absolute atomic E-state index is 0.156. The zero-order valence-corrected chi connectivity index (χ0v) is 11.8. The number of likely N-dealkylation sites (tertiary alicyclic amines) is 1. The number of para-hydroxylation sites is 1. The second-order valence-corrected chi connectivity index (χ2v) is 5.45. The van der Waals surface area contributed by atoms with Crippen molar-refractivity contribution in [1.29, 1.82) is 0 Å². The monoisotopic (exact) mass is 264 g/mol. The molecule has 1 aromatic rings. The van der Waals surface area contributed by atoms with Gasteiger partial charge in [0.1, 0.15) is 6.04 Å². The minimum Gasteiger partial charge on any atom is -0.373 e. The Balaban J connectivity index is 2.01. The Morgan fingerprint density at radius 2 is 2.00 bits per heavy atom. The summed E-state index contributed by atoms with van der Waals surface area (Å²) < 4.78 is 0. The van der Waals surface area contributed by atoms with Crippen LogP contribution in [-0.4, -0.2) is 36.2 Å². The number of thioether (sulfide) groups is 1. The van der Waals surface area contributed by atoms with E-state index in [1.54, 1.807) is 11.8 Å². The first-order valence-electron chi connectivity index (χ1n) is 6.40. The summed E-state index contributed by atoms with van der Waals surface area (Å²) in [6.07, 6.45) is 4.33. The Morgan fingerprint density at radius 3 is 2.67 bits per heavy atom. The summed E-state index contributed by atoms with van der Waals surface area (Å²) in [5, 5.41) is 3.33. The summed E-state index contributed by atoms with van der Waals surface area (Å²) in [7, 11) is 0. The van der Waals surface area contributed by atoms with E-state index in [1.165, 1.54) is 4.90 Å². The van der Waals surface area contributed by atoms with E-state index in [2.05, 4.69) is 11.4 Å². The van der Waals surface area contributed by atoms with E-state index in [0.29, 0.717) is 0 Å². The minimum atomic E-state index is -0.156. The van der Waals surface area contributed by atoms with Crippen LogP contribution in [0.4, 0.5) is 5.69 Å². The first-order chi connectivity index (χ1) is 8.72. The van der Waals surface area contributed by atoms with Crippen molar-refractivity contribution in [2.75, 3.05) is 24.7 Å². The van der Waals surface area contributed by atoms with Crippen LogP contribution in [0.5, 0.6) is 0 Å².